The summed E-state index contributed by atoms with van der Waals surface area (Å²) in [5.41, 5.74) is 2.06. The summed E-state index contributed by atoms with van der Waals surface area (Å²) in [5, 5.41) is 0. The highest BCUT2D eigenvalue weighted by atomic mass is 16.2. The Morgan fingerprint density at radius 1 is 1.17 bits per heavy atom. The van der Waals surface area contributed by atoms with Gasteiger partial charge in [-0.25, -0.2) is 0 Å². The average Bonchev–Trinajstić information content (AvgIpc) is 2.80. The van der Waals surface area contributed by atoms with Crippen LogP contribution in [0.1, 0.15) is 44.6 Å². The molecule has 0 aliphatic carbocycles. The van der Waals surface area contributed by atoms with E-state index in [0.717, 1.165) is 24.9 Å². The first-order valence-corrected chi connectivity index (χ1v) is 8.57. The monoisotopic (exact) mass is 330 g/mol. The van der Waals surface area contributed by atoms with Crippen LogP contribution in [0.4, 0.5) is 5.69 Å². The predicted molar refractivity (Wildman–Crippen MR) is 93.6 cm³/mol. The Kier molecular flexibility index (Phi) is 6.12. The van der Waals surface area contributed by atoms with Gasteiger partial charge in [0.2, 0.25) is 17.7 Å². The van der Waals surface area contributed by atoms with Gasteiger partial charge in [0.15, 0.2) is 0 Å². The van der Waals surface area contributed by atoms with Crippen LogP contribution in [-0.2, 0) is 14.4 Å². The maximum Gasteiger partial charge on any atom is 0.232 e. The fourth-order valence-corrected chi connectivity index (χ4v) is 2.89. The van der Waals surface area contributed by atoms with Crippen molar-refractivity contribution in [2.75, 3.05) is 18.5 Å². The van der Waals surface area contributed by atoms with Crippen molar-refractivity contribution >= 4 is 23.4 Å². The fraction of sp³-hybridized carbons (Fsp3) is 0.526. The second-order valence-corrected chi connectivity index (χ2v) is 6.59. The zero-order valence-electron chi connectivity index (χ0n) is 14.7. The Hall–Kier alpha value is -2.17. The Morgan fingerprint density at radius 3 is 2.42 bits per heavy atom. The predicted octanol–water partition coefficient (Wildman–Crippen LogP) is 2.91. The van der Waals surface area contributed by atoms with Gasteiger partial charge >= 0.3 is 0 Å². The lowest BCUT2D eigenvalue weighted by molar-refractivity contribution is -0.139. The topological polar surface area (TPSA) is 57.7 Å². The van der Waals surface area contributed by atoms with Gasteiger partial charge in [0.05, 0.1) is 0 Å². The quantitative estimate of drug-likeness (QED) is 0.570. The van der Waals surface area contributed by atoms with E-state index in [2.05, 4.69) is 0 Å². The maximum absolute atomic E-state index is 12.2. The minimum Gasteiger partial charge on any atom is -0.316 e. The van der Waals surface area contributed by atoms with E-state index in [1.54, 1.807) is 18.9 Å². The van der Waals surface area contributed by atoms with Gasteiger partial charge in [0.1, 0.15) is 0 Å². The van der Waals surface area contributed by atoms with Crippen LogP contribution < -0.4 is 4.90 Å². The van der Waals surface area contributed by atoms with E-state index in [1.807, 2.05) is 31.2 Å². The van der Waals surface area contributed by atoms with Crippen LogP contribution >= 0.6 is 0 Å². The van der Waals surface area contributed by atoms with E-state index in [4.69, 9.17) is 0 Å². The molecule has 0 bridgehead atoms. The standard InChI is InChI=1S/C19H26N2O3/c1-14-8-10-16(11-9-14)20(3)17(22)7-5-4-6-12-21-18(23)13-15(2)19(21)24/h8-11,15H,4-7,12-13H2,1-3H3. The molecule has 24 heavy (non-hydrogen) atoms. The summed E-state index contributed by atoms with van der Waals surface area (Å²) in [6.45, 7) is 4.28. The first-order chi connectivity index (χ1) is 11.4. The second-order valence-electron chi connectivity index (χ2n) is 6.59. The summed E-state index contributed by atoms with van der Waals surface area (Å²) < 4.78 is 0. The molecule has 5 heteroatoms. The molecule has 1 aromatic rings. The highest BCUT2D eigenvalue weighted by Gasteiger charge is 2.34. The molecule has 1 aliphatic rings. The van der Waals surface area contributed by atoms with Gasteiger partial charge in [-0.3, -0.25) is 19.3 Å². The summed E-state index contributed by atoms with van der Waals surface area (Å²) >= 11 is 0. The Balaban J connectivity index is 1.68. The molecule has 0 radical (unpaired) electrons. The van der Waals surface area contributed by atoms with Crippen molar-refractivity contribution in [2.24, 2.45) is 5.92 Å². The number of likely N-dealkylation sites (tertiary alicyclic amines) is 1. The largest absolute Gasteiger partial charge is 0.316 e. The molecule has 5 nitrogen and oxygen atoms in total. The third kappa shape index (κ3) is 4.43. The molecule has 1 saturated heterocycles. The molecule has 0 N–H and O–H groups in total. The number of carbonyl (C=O) groups excluding carboxylic acids is 3. The zero-order chi connectivity index (χ0) is 17.7. The lowest BCUT2D eigenvalue weighted by Gasteiger charge is -2.18. The number of rotatable bonds is 7. The van der Waals surface area contributed by atoms with Gasteiger partial charge < -0.3 is 4.90 Å². The number of unbranched alkanes of at least 4 members (excludes halogenated alkanes) is 2. The van der Waals surface area contributed by atoms with E-state index < -0.39 is 0 Å². The molecular weight excluding hydrogens is 304 g/mol. The maximum atomic E-state index is 12.2. The number of hydrogen-bond acceptors (Lipinski definition) is 3. The number of anilines is 1. The van der Waals surface area contributed by atoms with Crippen molar-refractivity contribution in [3.05, 3.63) is 29.8 Å². The Morgan fingerprint density at radius 2 is 1.83 bits per heavy atom. The Labute approximate surface area is 143 Å². The molecule has 0 spiro atoms. The van der Waals surface area contributed by atoms with Crippen molar-refractivity contribution in [3.8, 4) is 0 Å². The van der Waals surface area contributed by atoms with Gasteiger partial charge in [0, 0.05) is 38.0 Å². The number of imide groups is 1. The molecule has 1 unspecified atom stereocenters. The summed E-state index contributed by atoms with van der Waals surface area (Å²) in [4.78, 5) is 38.7. The molecule has 1 heterocycles. The molecule has 0 aromatic heterocycles. The third-order valence-electron chi connectivity index (χ3n) is 4.54. The molecule has 130 valence electrons. The van der Waals surface area contributed by atoms with Gasteiger partial charge in [-0.05, 0) is 31.9 Å². The van der Waals surface area contributed by atoms with Crippen LogP contribution in [0, 0.1) is 12.8 Å². The molecule has 1 fully saturated rings. The van der Waals surface area contributed by atoms with E-state index >= 15 is 0 Å². The van der Waals surface area contributed by atoms with Crippen LogP contribution in [0.3, 0.4) is 0 Å². The zero-order valence-corrected chi connectivity index (χ0v) is 14.7. The molecule has 1 atom stereocenters. The highest BCUT2D eigenvalue weighted by molar-refractivity contribution is 6.03. The summed E-state index contributed by atoms with van der Waals surface area (Å²) in [6.07, 6.45) is 3.16. The van der Waals surface area contributed by atoms with Crippen molar-refractivity contribution in [2.45, 2.75) is 46.0 Å². The van der Waals surface area contributed by atoms with Crippen molar-refractivity contribution in [1.29, 1.82) is 0 Å². The molecule has 1 aliphatic heterocycles. The van der Waals surface area contributed by atoms with E-state index in [1.165, 1.54) is 10.5 Å². The van der Waals surface area contributed by atoms with Crippen LogP contribution in [-0.4, -0.2) is 36.2 Å². The average molecular weight is 330 g/mol. The number of carbonyl (C=O) groups is 3. The van der Waals surface area contributed by atoms with Gasteiger partial charge in [-0.15, -0.1) is 0 Å². The van der Waals surface area contributed by atoms with E-state index in [0.29, 0.717) is 19.4 Å². The second kappa shape index (κ2) is 8.08. The highest BCUT2D eigenvalue weighted by Crippen LogP contribution is 2.20. The lowest BCUT2D eigenvalue weighted by atomic mass is 10.1. The molecule has 0 saturated carbocycles. The molecule has 3 amide bonds. The first-order valence-electron chi connectivity index (χ1n) is 8.57. The molecular formula is C19H26N2O3. The first kappa shape index (κ1) is 18.2. The van der Waals surface area contributed by atoms with Crippen molar-refractivity contribution < 1.29 is 14.4 Å². The lowest BCUT2D eigenvalue weighted by Crippen LogP contribution is -2.31. The van der Waals surface area contributed by atoms with Crippen molar-refractivity contribution in [1.82, 2.24) is 4.90 Å². The number of amides is 3. The SMILES string of the molecule is Cc1ccc(N(C)C(=O)CCCCCN2C(=O)CC(C)C2=O)cc1. The molecule has 1 aromatic carbocycles. The van der Waals surface area contributed by atoms with Crippen LogP contribution in [0.2, 0.25) is 0 Å². The summed E-state index contributed by atoms with van der Waals surface area (Å²) in [7, 11) is 1.79. The normalized spacial score (nSPS) is 17.5. The van der Waals surface area contributed by atoms with Crippen LogP contribution in [0.15, 0.2) is 24.3 Å². The number of hydrogen-bond donors (Lipinski definition) is 0. The van der Waals surface area contributed by atoms with Gasteiger partial charge in [0.25, 0.3) is 0 Å². The van der Waals surface area contributed by atoms with Crippen LogP contribution in [0.5, 0.6) is 0 Å². The fourth-order valence-electron chi connectivity index (χ4n) is 2.89. The Bertz CT molecular complexity index is 610. The minimum atomic E-state index is -0.178. The van der Waals surface area contributed by atoms with Gasteiger partial charge in [-0.2, -0.15) is 0 Å². The number of nitrogens with zero attached hydrogens (tertiary/aromatic N) is 2. The summed E-state index contributed by atoms with van der Waals surface area (Å²) in [5.74, 6) is -0.221. The smallest absolute Gasteiger partial charge is 0.232 e. The number of benzene rings is 1. The van der Waals surface area contributed by atoms with E-state index in [9.17, 15) is 14.4 Å². The molecule has 2 rings (SSSR count). The van der Waals surface area contributed by atoms with Crippen molar-refractivity contribution in [3.63, 3.8) is 0 Å². The third-order valence-corrected chi connectivity index (χ3v) is 4.54. The minimum absolute atomic E-state index is 0.0600. The van der Waals surface area contributed by atoms with Crippen LogP contribution in [0.25, 0.3) is 0 Å². The van der Waals surface area contributed by atoms with Gasteiger partial charge in [-0.1, -0.05) is 31.0 Å². The summed E-state index contributed by atoms with van der Waals surface area (Å²) in [6, 6.07) is 7.87. The number of aryl methyl sites for hydroxylation is 1. The van der Waals surface area contributed by atoms with E-state index in [-0.39, 0.29) is 23.6 Å².